The zero-order valence-electron chi connectivity index (χ0n) is 27.4. The summed E-state index contributed by atoms with van der Waals surface area (Å²) in [5.41, 5.74) is 1.89. The number of methoxy groups -OCH3 is 2. The molecule has 4 rings (SSSR count). The van der Waals surface area contributed by atoms with Crippen LogP contribution in [0.3, 0.4) is 0 Å². The van der Waals surface area contributed by atoms with Crippen molar-refractivity contribution in [3.05, 3.63) is 75.9 Å². The Labute approximate surface area is 286 Å². The second kappa shape index (κ2) is 16.8. The molecule has 0 bridgehead atoms. The molecule has 0 radical (unpaired) electrons. The number of para-hydroxylation sites is 2. The number of carbonyl (C=O) groups excluding carboxylic acids is 4. The topological polar surface area (TPSA) is 160 Å². The minimum absolute atomic E-state index is 0.0508. The molecule has 15 heteroatoms. The van der Waals surface area contributed by atoms with Crippen molar-refractivity contribution in [1.29, 1.82) is 0 Å². The summed E-state index contributed by atoms with van der Waals surface area (Å²) in [6.45, 7) is 6.95. The summed E-state index contributed by atoms with van der Waals surface area (Å²) >= 11 is 2.06. The standard InChI is InChI=1S/C33H37N5O8S2/c1-7-45-31(41)27-19(3)28(32(42)46-8-2)48-30(27)35-29(40)20(4)47-33-37-36-25(38(33)23-11-9-10-12-24(23)44-6)18-34-26(39)17-21-13-15-22(43-5)16-14-21/h9-16,20H,7-8,17-18H2,1-6H3,(H,34,39)(H,35,40)/t20-/m1/s1. The molecule has 13 nitrogen and oxygen atoms in total. The molecule has 1 atom stereocenters. The van der Waals surface area contributed by atoms with Crippen LogP contribution in [0.15, 0.2) is 53.7 Å². The average Bonchev–Trinajstić information content (AvgIpc) is 3.63. The van der Waals surface area contributed by atoms with E-state index in [2.05, 4.69) is 20.8 Å². The molecule has 0 aliphatic rings. The number of thioether (sulfide) groups is 1. The molecule has 0 spiro atoms. The molecular formula is C33H37N5O8S2. The van der Waals surface area contributed by atoms with Gasteiger partial charge in [-0.3, -0.25) is 14.2 Å². The van der Waals surface area contributed by atoms with Crippen molar-refractivity contribution in [2.45, 2.75) is 51.1 Å². The molecule has 2 aromatic carbocycles. The van der Waals surface area contributed by atoms with E-state index in [0.29, 0.717) is 33.7 Å². The van der Waals surface area contributed by atoms with Crippen LogP contribution >= 0.6 is 23.1 Å². The molecule has 2 heterocycles. The zero-order valence-corrected chi connectivity index (χ0v) is 29.1. The van der Waals surface area contributed by atoms with Crippen molar-refractivity contribution in [2.75, 3.05) is 32.8 Å². The van der Waals surface area contributed by atoms with Crippen molar-refractivity contribution >= 4 is 51.9 Å². The van der Waals surface area contributed by atoms with Crippen LogP contribution in [-0.2, 0) is 32.0 Å². The molecule has 0 aliphatic heterocycles. The molecule has 0 unspecified atom stereocenters. The van der Waals surface area contributed by atoms with Gasteiger partial charge in [-0.25, -0.2) is 9.59 Å². The van der Waals surface area contributed by atoms with Gasteiger partial charge in [-0.1, -0.05) is 36.0 Å². The monoisotopic (exact) mass is 695 g/mol. The fourth-order valence-electron chi connectivity index (χ4n) is 4.58. The third kappa shape index (κ3) is 8.52. The smallest absolute Gasteiger partial charge is 0.348 e. The molecule has 0 aliphatic carbocycles. The van der Waals surface area contributed by atoms with E-state index in [1.807, 2.05) is 30.3 Å². The van der Waals surface area contributed by atoms with Crippen LogP contribution in [0.25, 0.3) is 5.69 Å². The minimum atomic E-state index is -0.747. The summed E-state index contributed by atoms with van der Waals surface area (Å²) < 4.78 is 22.8. The lowest BCUT2D eigenvalue weighted by molar-refractivity contribution is -0.120. The second-order valence-electron chi connectivity index (χ2n) is 10.2. The Morgan fingerprint density at radius 2 is 1.62 bits per heavy atom. The fourth-order valence-corrected chi connectivity index (χ4v) is 6.55. The van der Waals surface area contributed by atoms with Gasteiger partial charge in [0.25, 0.3) is 0 Å². The van der Waals surface area contributed by atoms with E-state index in [4.69, 9.17) is 18.9 Å². The predicted molar refractivity (Wildman–Crippen MR) is 181 cm³/mol. The van der Waals surface area contributed by atoms with Gasteiger partial charge in [0.05, 0.1) is 56.9 Å². The van der Waals surface area contributed by atoms with Crippen LogP contribution in [-0.4, -0.2) is 71.2 Å². The first kappa shape index (κ1) is 36.0. The van der Waals surface area contributed by atoms with Gasteiger partial charge in [0.1, 0.15) is 21.4 Å². The molecule has 2 amide bonds. The number of benzene rings is 2. The summed E-state index contributed by atoms with van der Waals surface area (Å²) in [7, 11) is 3.12. The number of aromatic nitrogens is 3. The number of hydrogen-bond acceptors (Lipinski definition) is 12. The number of nitrogens with one attached hydrogen (secondary N) is 2. The number of rotatable bonds is 15. The van der Waals surface area contributed by atoms with E-state index in [1.54, 1.807) is 57.6 Å². The Bertz CT molecular complexity index is 1770. The molecule has 4 aromatic rings. The summed E-state index contributed by atoms with van der Waals surface area (Å²) in [4.78, 5) is 52.0. The number of nitrogens with zero attached hydrogens (tertiary/aromatic N) is 3. The predicted octanol–water partition coefficient (Wildman–Crippen LogP) is 4.99. The number of hydrogen-bond donors (Lipinski definition) is 2. The Hall–Kier alpha value is -4.89. The van der Waals surface area contributed by atoms with Gasteiger partial charge < -0.3 is 29.6 Å². The molecule has 2 N–H and O–H groups in total. The van der Waals surface area contributed by atoms with Crippen LogP contribution < -0.4 is 20.1 Å². The molecule has 2 aromatic heterocycles. The number of carbonyl (C=O) groups is 4. The number of amides is 2. The Morgan fingerprint density at radius 1 is 0.938 bits per heavy atom. The maximum Gasteiger partial charge on any atom is 0.348 e. The lowest BCUT2D eigenvalue weighted by atomic mass is 10.1. The van der Waals surface area contributed by atoms with E-state index in [1.165, 1.54) is 7.11 Å². The Kier molecular flexibility index (Phi) is 12.6. The third-order valence-electron chi connectivity index (χ3n) is 6.97. The largest absolute Gasteiger partial charge is 0.497 e. The van der Waals surface area contributed by atoms with Crippen molar-refractivity contribution in [2.24, 2.45) is 0 Å². The van der Waals surface area contributed by atoms with Crippen LogP contribution in [0.1, 0.15) is 57.8 Å². The van der Waals surface area contributed by atoms with E-state index in [-0.39, 0.29) is 47.5 Å². The number of esters is 2. The molecule has 254 valence electrons. The van der Waals surface area contributed by atoms with Crippen LogP contribution in [0.4, 0.5) is 5.00 Å². The second-order valence-corrected chi connectivity index (χ2v) is 12.5. The summed E-state index contributed by atoms with van der Waals surface area (Å²) in [6, 6.07) is 14.5. The molecule has 48 heavy (non-hydrogen) atoms. The van der Waals surface area contributed by atoms with E-state index < -0.39 is 23.1 Å². The van der Waals surface area contributed by atoms with Gasteiger partial charge in [0.15, 0.2) is 11.0 Å². The van der Waals surface area contributed by atoms with E-state index in [9.17, 15) is 19.2 Å². The van der Waals surface area contributed by atoms with E-state index in [0.717, 1.165) is 28.7 Å². The van der Waals surface area contributed by atoms with Crippen LogP contribution in [0.2, 0.25) is 0 Å². The first-order chi connectivity index (χ1) is 23.1. The Balaban J connectivity index is 1.57. The summed E-state index contributed by atoms with van der Waals surface area (Å²) in [5, 5.41) is 14.2. The molecular weight excluding hydrogens is 659 g/mol. The van der Waals surface area contributed by atoms with E-state index >= 15 is 0 Å². The Morgan fingerprint density at radius 3 is 2.29 bits per heavy atom. The molecule has 0 fully saturated rings. The molecule has 0 saturated heterocycles. The molecule has 0 saturated carbocycles. The van der Waals surface area contributed by atoms with Gasteiger partial charge in [0.2, 0.25) is 11.8 Å². The highest BCUT2D eigenvalue weighted by atomic mass is 32.2. The van der Waals surface area contributed by atoms with Gasteiger partial charge in [0, 0.05) is 0 Å². The lowest BCUT2D eigenvalue weighted by Gasteiger charge is -2.16. The van der Waals surface area contributed by atoms with Gasteiger partial charge in [-0.15, -0.1) is 21.5 Å². The van der Waals surface area contributed by atoms with Crippen LogP contribution in [0.5, 0.6) is 11.5 Å². The number of anilines is 1. The quantitative estimate of drug-likeness (QED) is 0.127. The van der Waals surface area contributed by atoms with Gasteiger partial charge >= 0.3 is 11.9 Å². The highest BCUT2D eigenvalue weighted by molar-refractivity contribution is 8.00. The number of thiophene rings is 1. The van der Waals surface area contributed by atoms with Crippen molar-refractivity contribution in [3.8, 4) is 17.2 Å². The SMILES string of the molecule is CCOC(=O)c1sc(NC(=O)[C@@H](C)Sc2nnc(CNC(=O)Cc3ccc(OC)cc3)n2-c2ccccc2OC)c(C(=O)OCC)c1C. The van der Waals surface area contributed by atoms with Crippen molar-refractivity contribution in [1.82, 2.24) is 20.1 Å². The first-order valence-corrected chi connectivity index (χ1v) is 16.7. The normalized spacial score (nSPS) is 11.4. The first-order valence-electron chi connectivity index (χ1n) is 15.0. The lowest BCUT2D eigenvalue weighted by Crippen LogP contribution is -2.26. The fraction of sp³-hybridized carbons (Fsp3) is 0.333. The van der Waals surface area contributed by atoms with Gasteiger partial charge in [-0.2, -0.15) is 0 Å². The van der Waals surface area contributed by atoms with Crippen molar-refractivity contribution in [3.63, 3.8) is 0 Å². The zero-order chi connectivity index (χ0) is 34.8. The summed E-state index contributed by atoms with van der Waals surface area (Å²) in [5.74, 6) is -0.289. The van der Waals surface area contributed by atoms with Gasteiger partial charge in [-0.05, 0) is 63.1 Å². The maximum atomic E-state index is 13.5. The maximum absolute atomic E-state index is 13.5. The minimum Gasteiger partial charge on any atom is -0.497 e. The van der Waals surface area contributed by atoms with Crippen LogP contribution in [0, 0.1) is 6.92 Å². The third-order valence-corrected chi connectivity index (χ3v) is 9.20. The highest BCUT2D eigenvalue weighted by Crippen LogP contribution is 2.36. The van der Waals surface area contributed by atoms with Crippen molar-refractivity contribution < 1.29 is 38.1 Å². The summed E-state index contributed by atoms with van der Waals surface area (Å²) in [6.07, 6.45) is 0.152. The highest BCUT2D eigenvalue weighted by Gasteiger charge is 2.29. The number of ether oxygens (including phenoxy) is 4. The average molecular weight is 696 g/mol.